The lowest BCUT2D eigenvalue weighted by atomic mass is 10.3. The summed E-state index contributed by atoms with van der Waals surface area (Å²) in [6, 6.07) is 23.2. The maximum absolute atomic E-state index is 13.1. The number of para-hydroxylation sites is 2. The van der Waals surface area contributed by atoms with Crippen molar-refractivity contribution < 1.29 is 36.5 Å². The van der Waals surface area contributed by atoms with Crippen LogP contribution in [0.1, 0.15) is 13.3 Å². The number of hydrogen-bond acceptors (Lipinski definition) is 8. The van der Waals surface area contributed by atoms with Crippen LogP contribution in [0, 0.1) is 0 Å². The molecular formula is C28H26O8S2. The number of hydrogen-bond donors (Lipinski definition) is 2. The summed E-state index contributed by atoms with van der Waals surface area (Å²) in [6.07, 6.45) is 0.0995. The van der Waals surface area contributed by atoms with Crippen molar-refractivity contribution in [3.8, 4) is 23.0 Å². The molecule has 8 nitrogen and oxygen atoms in total. The molecule has 0 saturated carbocycles. The molecule has 4 rings (SSSR count). The second-order valence-electron chi connectivity index (χ2n) is 8.45. The van der Waals surface area contributed by atoms with Crippen LogP contribution in [-0.4, -0.2) is 39.8 Å². The Morgan fingerprint density at radius 1 is 0.684 bits per heavy atom. The van der Waals surface area contributed by atoms with E-state index >= 15 is 0 Å². The van der Waals surface area contributed by atoms with E-state index in [4.69, 9.17) is 9.47 Å². The molecule has 1 unspecified atom stereocenters. The first-order valence-electron chi connectivity index (χ1n) is 11.6. The molecule has 0 saturated heterocycles. The minimum Gasteiger partial charge on any atom is -0.508 e. The van der Waals surface area contributed by atoms with Gasteiger partial charge in [-0.2, -0.15) is 0 Å². The lowest BCUT2D eigenvalue weighted by Gasteiger charge is -2.17. The predicted molar refractivity (Wildman–Crippen MR) is 140 cm³/mol. The van der Waals surface area contributed by atoms with Gasteiger partial charge in [0.2, 0.25) is 19.7 Å². The van der Waals surface area contributed by atoms with Crippen molar-refractivity contribution in [2.24, 2.45) is 0 Å². The summed E-state index contributed by atoms with van der Waals surface area (Å²) in [4.78, 5) is -0.0998. The Hall–Kier alpha value is -4.02. The fraction of sp³-hybridized carbons (Fsp3) is 0.143. The maximum atomic E-state index is 13.1. The van der Waals surface area contributed by atoms with Crippen molar-refractivity contribution >= 4 is 19.7 Å². The van der Waals surface area contributed by atoms with Crippen molar-refractivity contribution in [2.75, 3.05) is 6.61 Å². The van der Waals surface area contributed by atoms with Crippen LogP contribution in [0.3, 0.4) is 0 Å². The first-order chi connectivity index (χ1) is 18.1. The van der Waals surface area contributed by atoms with Gasteiger partial charge in [-0.1, -0.05) is 24.3 Å². The third kappa shape index (κ3) is 5.92. The van der Waals surface area contributed by atoms with Gasteiger partial charge in [-0.3, -0.25) is 0 Å². The van der Waals surface area contributed by atoms with E-state index in [0.717, 1.165) is 0 Å². The fourth-order valence-corrected chi connectivity index (χ4v) is 6.43. The fourth-order valence-electron chi connectivity index (χ4n) is 3.68. The van der Waals surface area contributed by atoms with Crippen LogP contribution in [0.15, 0.2) is 117 Å². The summed E-state index contributed by atoms with van der Waals surface area (Å²) >= 11 is 0. The van der Waals surface area contributed by atoms with Gasteiger partial charge in [0, 0.05) is 6.42 Å². The molecule has 0 heterocycles. The molecule has 0 fully saturated rings. The number of phenols is 2. The molecule has 4 aromatic rings. The van der Waals surface area contributed by atoms with Gasteiger partial charge in [-0.15, -0.1) is 0 Å². The van der Waals surface area contributed by atoms with Gasteiger partial charge in [-0.05, 0) is 79.7 Å². The molecule has 1 atom stereocenters. The summed E-state index contributed by atoms with van der Waals surface area (Å²) < 4.78 is 63.4. The zero-order valence-electron chi connectivity index (χ0n) is 20.4. The van der Waals surface area contributed by atoms with Gasteiger partial charge in [0.05, 0.1) is 22.5 Å². The Balaban J connectivity index is 1.38. The van der Waals surface area contributed by atoms with E-state index in [1.807, 2.05) is 6.92 Å². The number of phenolic OH excluding ortho intramolecular Hbond substituents is 2. The molecule has 198 valence electrons. The third-order valence-electron chi connectivity index (χ3n) is 5.69. The molecule has 4 aromatic carbocycles. The molecule has 0 aliphatic rings. The van der Waals surface area contributed by atoms with Crippen molar-refractivity contribution in [2.45, 2.75) is 39.0 Å². The third-order valence-corrected chi connectivity index (χ3v) is 9.32. The lowest BCUT2D eigenvalue weighted by molar-refractivity contribution is 0.175. The number of rotatable bonds is 10. The molecule has 0 radical (unpaired) electrons. The average Bonchev–Trinajstić information content (AvgIpc) is 2.89. The van der Waals surface area contributed by atoms with E-state index in [1.54, 1.807) is 24.3 Å². The van der Waals surface area contributed by atoms with Crippen molar-refractivity contribution in [1.29, 1.82) is 0 Å². The quantitative estimate of drug-likeness (QED) is 0.280. The van der Waals surface area contributed by atoms with Crippen molar-refractivity contribution in [3.05, 3.63) is 97.1 Å². The Morgan fingerprint density at radius 3 is 1.84 bits per heavy atom. The normalized spacial score (nSPS) is 12.6. The smallest absolute Gasteiger partial charge is 0.210 e. The van der Waals surface area contributed by atoms with Gasteiger partial charge in [0.25, 0.3) is 0 Å². The highest BCUT2D eigenvalue weighted by molar-refractivity contribution is 7.92. The number of aromatic hydroxyl groups is 2. The van der Waals surface area contributed by atoms with Crippen LogP contribution in [0.2, 0.25) is 0 Å². The van der Waals surface area contributed by atoms with E-state index < -0.39 is 19.7 Å². The van der Waals surface area contributed by atoms with Gasteiger partial charge in [0.15, 0.2) is 0 Å². The van der Waals surface area contributed by atoms with Crippen LogP contribution in [0.25, 0.3) is 0 Å². The molecule has 38 heavy (non-hydrogen) atoms. The predicted octanol–water partition coefficient (Wildman–Crippen LogP) is 5.00. The van der Waals surface area contributed by atoms with Gasteiger partial charge >= 0.3 is 0 Å². The Labute approximate surface area is 221 Å². The summed E-state index contributed by atoms with van der Waals surface area (Å²) in [5.74, 6) is 0.295. The van der Waals surface area contributed by atoms with E-state index in [0.29, 0.717) is 12.2 Å². The summed E-state index contributed by atoms with van der Waals surface area (Å²) in [5.41, 5.74) is 0. The van der Waals surface area contributed by atoms with Crippen LogP contribution in [0.4, 0.5) is 0 Å². The monoisotopic (exact) mass is 554 g/mol. The van der Waals surface area contributed by atoms with Crippen LogP contribution >= 0.6 is 0 Å². The molecule has 0 bridgehead atoms. The van der Waals surface area contributed by atoms with Crippen LogP contribution in [-0.2, 0) is 19.7 Å². The Morgan fingerprint density at radius 2 is 1.21 bits per heavy atom. The van der Waals surface area contributed by atoms with E-state index in [-0.39, 0.29) is 49.5 Å². The lowest BCUT2D eigenvalue weighted by Crippen LogP contribution is -2.16. The van der Waals surface area contributed by atoms with E-state index in [1.165, 1.54) is 72.8 Å². The molecule has 0 aromatic heterocycles. The highest BCUT2D eigenvalue weighted by atomic mass is 32.2. The molecule has 10 heteroatoms. The van der Waals surface area contributed by atoms with Gasteiger partial charge in [0.1, 0.15) is 32.8 Å². The molecule has 2 N–H and O–H groups in total. The Bertz CT molecular complexity index is 1610. The topological polar surface area (TPSA) is 127 Å². The molecule has 0 aliphatic heterocycles. The Kier molecular flexibility index (Phi) is 7.94. The summed E-state index contributed by atoms with van der Waals surface area (Å²) in [5, 5.41) is 19.4. The first-order valence-corrected chi connectivity index (χ1v) is 14.6. The average molecular weight is 555 g/mol. The van der Waals surface area contributed by atoms with E-state index in [2.05, 4.69) is 0 Å². The maximum Gasteiger partial charge on any atom is 0.210 e. The largest absolute Gasteiger partial charge is 0.508 e. The van der Waals surface area contributed by atoms with Gasteiger partial charge < -0.3 is 19.7 Å². The summed E-state index contributed by atoms with van der Waals surface area (Å²) in [7, 11) is -7.74. The second kappa shape index (κ2) is 11.2. The number of benzene rings is 4. The SMILES string of the molecule is CC(CCOc1ccccc1S(=O)(=O)c1ccc(O)cc1)Oc1ccc(S(=O)(=O)c2ccccc2O)cc1. The number of sulfone groups is 2. The summed E-state index contributed by atoms with van der Waals surface area (Å²) in [6.45, 7) is 1.98. The van der Waals surface area contributed by atoms with Crippen LogP contribution in [0.5, 0.6) is 23.0 Å². The second-order valence-corrected chi connectivity index (χ2v) is 12.3. The minimum atomic E-state index is -3.89. The number of ether oxygens (including phenoxy) is 2. The van der Waals surface area contributed by atoms with Gasteiger partial charge in [-0.25, -0.2) is 16.8 Å². The highest BCUT2D eigenvalue weighted by Crippen LogP contribution is 2.31. The highest BCUT2D eigenvalue weighted by Gasteiger charge is 2.23. The molecule has 0 spiro atoms. The molecule has 0 aliphatic carbocycles. The zero-order valence-corrected chi connectivity index (χ0v) is 22.0. The van der Waals surface area contributed by atoms with E-state index in [9.17, 15) is 27.0 Å². The van der Waals surface area contributed by atoms with Crippen molar-refractivity contribution in [1.82, 2.24) is 0 Å². The minimum absolute atomic E-state index is 0.0144. The first kappa shape index (κ1) is 27.0. The standard InChI is InChI=1S/C28H26O8S2/c1-20(36-22-12-16-24(17-13-22)37(31,32)27-8-4-2-6-25(27)30)18-19-35-26-7-3-5-9-28(26)38(33,34)23-14-10-21(29)11-15-23/h2-17,20,29-30H,18-19H2,1H3. The van der Waals surface area contributed by atoms with Crippen molar-refractivity contribution in [3.63, 3.8) is 0 Å². The van der Waals surface area contributed by atoms with Crippen LogP contribution < -0.4 is 9.47 Å². The molecule has 0 amide bonds. The zero-order chi connectivity index (χ0) is 27.3. The molecular weight excluding hydrogens is 528 g/mol.